The number of carbonyl (C=O) groups excluding carboxylic acids is 1. The summed E-state index contributed by atoms with van der Waals surface area (Å²) in [4.78, 5) is 16.1. The zero-order valence-corrected chi connectivity index (χ0v) is 11.6. The predicted octanol–water partition coefficient (Wildman–Crippen LogP) is 2.28. The third-order valence-electron chi connectivity index (χ3n) is 3.05. The van der Waals surface area contributed by atoms with E-state index in [1.807, 2.05) is 0 Å². The van der Waals surface area contributed by atoms with Crippen LogP contribution in [0, 0.1) is 0 Å². The lowest BCUT2D eigenvalue weighted by atomic mass is 10.2. The number of anilines is 2. The molecule has 7 heteroatoms. The van der Waals surface area contributed by atoms with Gasteiger partial charge in [-0.1, -0.05) is 0 Å². The number of nitrogens with two attached hydrogens (primary N) is 1. The van der Waals surface area contributed by atoms with E-state index in [2.05, 4.69) is 36.4 Å². The van der Waals surface area contributed by atoms with Crippen molar-refractivity contribution in [3.63, 3.8) is 0 Å². The zero-order valence-electron chi connectivity index (χ0n) is 9.98. The highest BCUT2D eigenvalue weighted by Crippen LogP contribution is 2.42. The Labute approximate surface area is 117 Å². The van der Waals surface area contributed by atoms with E-state index in [1.54, 1.807) is 18.5 Å². The summed E-state index contributed by atoms with van der Waals surface area (Å²) in [6.07, 6.45) is 5.41. The zero-order chi connectivity index (χ0) is 13.4. The van der Waals surface area contributed by atoms with Crippen LogP contribution in [0.5, 0.6) is 0 Å². The van der Waals surface area contributed by atoms with Gasteiger partial charge >= 0.3 is 0 Å². The van der Waals surface area contributed by atoms with Gasteiger partial charge < -0.3 is 11.1 Å². The van der Waals surface area contributed by atoms with Gasteiger partial charge in [-0.05, 0) is 34.8 Å². The molecule has 0 aromatic carbocycles. The number of aromatic amines is 1. The monoisotopic (exact) mass is 321 g/mol. The van der Waals surface area contributed by atoms with Gasteiger partial charge in [0.2, 0.25) is 0 Å². The maximum atomic E-state index is 12.1. The molecule has 0 bridgehead atoms. The van der Waals surface area contributed by atoms with E-state index in [0.29, 0.717) is 21.8 Å². The molecular weight excluding hydrogens is 310 g/mol. The smallest absolute Gasteiger partial charge is 0.278 e. The molecule has 2 aromatic rings. The molecule has 98 valence electrons. The second kappa shape index (κ2) is 4.65. The largest absolute Gasteiger partial charge is 0.395 e. The molecule has 0 aliphatic heterocycles. The minimum absolute atomic E-state index is 0.241. The highest BCUT2D eigenvalue weighted by Gasteiger charge is 2.30. The number of hydrogen-bond acceptors (Lipinski definition) is 4. The third kappa shape index (κ3) is 2.33. The Kier molecular flexibility index (Phi) is 2.98. The summed E-state index contributed by atoms with van der Waals surface area (Å²) in [5, 5.41) is 9.62. The van der Waals surface area contributed by atoms with Crippen molar-refractivity contribution in [1.82, 2.24) is 15.2 Å². The Balaban J connectivity index is 1.82. The van der Waals surface area contributed by atoms with Crippen LogP contribution in [0.1, 0.15) is 34.9 Å². The van der Waals surface area contributed by atoms with Gasteiger partial charge in [-0.3, -0.25) is 14.9 Å². The van der Waals surface area contributed by atoms with Crippen LogP contribution in [0.2, 0.25) is 0 Å². The van der Waals surface area contributed by atoms with Crippen molar-refractivity contribution >= 4 is 33.2 Å². The molecule has 2 heterocycles. The van der Waals surface area contributed by atoms with E-state index in [0.717, 1.165) is 18.5 Å². The first kappa shape index (κ1) is 12.2. The predicted molar refractivity (Wildman–Crippen MR) is 74.9 cm³/mol. The molecule has 1 saturated carbocycles. The van der Waals surface area contributed by atoms with Crippen molar-refractivity contribution in [2.24, 2.45) is 0 Å². The lowest BCUT2D eigenvalue weighted by Crippen LogP contribution is -2.14. The molecule has 0 saturated heterocycles. The maximum absolute atomic E-state index is 12.1. The summed E-state index contributed by atoms with van der Waals surface area (Å²) in [6.45, 7) is 0. The van der Waals surface area contributed by atoms with Crippen LogP contribution in [0.25, 0.3) is 0 Å². The number of pyridine rings is 1. The lowest BCUT2D eigenvalue weighted by molar-refractivity contribution is 0.102. The molecule has 6 nitrogen and oxygen atoms in total. The van der Waals surface area contributed by atoms with Gasteiger partial charge in [0.25, 0.3) is 5.91 Å². The molecular formula is C12H12BrN5O. The lowest BCUT2D eigenvalue weighted by Gasteiger charge is -2.05. The van der Waals surface area contributed by atoms with E-state index in [1.165, 1.54) is 0 Å². The summed E-state index contributed by atoms with van der Waals surface area (Å²) in [5.74, 6) is 0.106. The highest BCUT2D eigenvalue weighted by atomic mass is 79.9. The fourth-order valence-electron chi connectivity index (χ4n) is 1.88. The first-order chi connectivity index (χ1) is 9.16. The molecule has 4 N–H and O–H groups in total. The number of nitrogen functional groups attached to an aromatic ring is 1. The van der Waals surface area contributed by atoms with Crippen LogP contribution < -0.4 is 11.1 Å². The summed E-state index contributed by atoms with van der Waals surface area (Å²) in [7, 11) is 0. The van der Waals surface area contributed by atoms with Gasteiger partial charge in [-0.15, -0.1) is 0 Å². The molecule has 1 fully saturated rings. The van der Waals surface area contributed by atoms with E-state index < -0.39 is 0 Å². The highest BCUT2D eigenvalue weighted by molar-refractivity contribution is 9.10. The van der Waals surface area contributed by atoms with Crippen LogP contribution >= 0.6 is 15.9 Å². The average Bonchev–Trinajstić information content (AvgIpc) is 3.15. The minimum Gasteiger partial charge on any atom is -0.395 e. The number of aromatic nitrogens is 3. The van der Waals surface area contributed by atoms with Crippen molar-refractivity contribution < 1.29 is 4.79 Å². The van der Waals surface area contributed by atoms with Gasteiger partial charge in [0.05, 0.1) is 21.5 Å². The van der Waals surface area contributed by atoms with Crippen LogP contribution in [-0.4, -0.2) is 21.1 Å². The van der Waals surface area contributed by atoms with Gasteiger partial charge in [0, 0.05) is 18.3 Å². The third-order valence-corrected chi connectivity index (χ3v) is 3.69. The molecule has 0 spiro atoms. The number of nitrogens with zero attached hydrogens (tertiary/aromatic N) is 2. The second-order valence-electron chi connectivity index (χ2n) is 4.48. The first-order valence-electron chi connectivity index (χ1n) is 5.91. The minimum atomic E-state index is -0.326. The molecule has 0 radical (unpaired) electrons. The SMILES string of the molecule is Nc1c(C(=O)Nc2ccncc2Br)n[nH]c1C1CC1. The first-order valence-corrected chi connectivity index (χ1v) is 6.70. The molecule has 3 rings (SSSR count). The number of halogens is 1. The van der Waals surface area contributed by atoms with E-state index in [4.69, 9.17) is 5.73 Å². The Bertz CT molecular complexity index is 635. The molecule has 1 aliphatic carbocycles. The summed E-state index contributed by atoms with van der Waals surface area (Å²) in [6, 6.07) is 1.70. The number of H-pyrrole nitrogens is 1. The topological polar surface area (TPSA) is 96.7 Å². The second-order valence-corrected chi connectivity index (χ2v) is 5.34. The van der Waals surface area contributed by atoms with Crippen LogP contribution in [0.15, 0.2) is 22.9 Å². The number of rotatable bonds is 3. The molecule has 19 heavy (non-hydrogen) atoms. The number of nitrogens with one attached hydrogen (secondary N) is 2. The van der Waals surface area contributed by atoms with Gasteiger partial charge in [0.1, 0.15) is 0 Å². The Morgan fingerprint density at radius 3 is 3.00 bits per heavy atom. The van der Waals surface area contributed by atoms with Crippen molar-refractivity contribution in [1.29, 1.82) is 0 Å². The number of carbonyl (C=O) groups is 1. The molecule has 1 aliphatic rings. The quantitative estimate of drug-likeness (QED) is 0.807. The Morgan fingerprint density at radius 2 is 2.32 bits per heavy atom. The standard InChI is InChI=1S/C12H12BrN5O/c13-7-5-15-4-3-8(7)16-12(19)11-9(14)10(17-18-11)6-1-2-6/h3-6H,1-2,14H2,(H,17,18)(H,15,16,19). The van der Waals surface area contributed by atoms with Gasteiger partial charge in [0.15, 0.2) is 5.69 Å². The molecule has 1 amide bonds. The molecule has 0 atom stereocenters. The van der Waals surface area contributed by atoms with Crippen molar-refractivity contribution in [2.75, 3.05) is 11.1 Å². The van der Waals surface area contributed by atoms with Crippen molar-refractivity contribution in [2.45, 2.75) is 18.8 Å². The maximum Gasteiger partial charge on any atom is 0.278 e. The molecule has 0 unspecified atom stereocenters. The van der Waals surface area contributed by atoms with Crippen molar-refractivity contribution in [3.05, 3.63) is 34.3 Å². The molecule has 2 aromatic heterocycles. The average molecular weight is 322 g/mol. The fourth-order valence-corrected chi connectivity index (χ4v) is 2.23. The van der Waals surface area contributed by atoms with E-state index in [9.17, 15) is 4.79 Å². The van der Waals surface area contributed by atoms with Crippen LogP contribution in [-0.2, 0) is 0 Å². The Hall–Kier alpha value is -1.89. The summed E-state index contributed by atoms with van der Waals surface area (Å²) < 4.78 is 0.708. The number of amides is 1. The van der Waals surface area contributed by atoms with Gasteiger partial charge in [-0.2, -0.15) is 5.10 Å². The van der Waals surface area contributed by atoms with Crippen LogP contribution in [0.3, 0.4) is 0 Å². The summed E-state index contributed by atoms with van der Waals surface area (Å²) in [5.41, 5.74) is 8.16. The Morgan fingerprint density at radius 1 is 1.53 bits per heavy atom. The van der Waals surface area contributed by atoms with Gasteiger partial charge in [-0.25, -0.2) is 0 Å². The van der Waals surface area contributed by atoms with E-state index >= 15 is 0 Å². The van der Waals surface area contributed by atoms with Crippen LogP contribution in [0.4, 0.5) is 11.4 Å². The number of hydrogen-bond donors (Lipinski definition) is 3. The fraction of sp³-hybridized carbons (Fsp3) is 0.250. The summed E-state index contributed by atoms with van der Waals surface area (Å²) >= 11 is 3.32. The normalized spacial score (nSPS) is 14.4. The van der Waals surface area contributed by atoms with E-state index in [-0.39, 0.29) is 11.6 Å². The van der Waals surface area contributed by atoms with Crippen molar-refractivity contribution in [3.8, 4) is 0 Å².